The SMILES string of the molecule is C[C@@H](NC(=O)c1ccc(Br)cc1)c1ccco1. The Morgan fingerprint density at radius 1 is 1.29 bits per heavy atom. The van der Waals surface area contributed by atoms with E-state index in [1.54, 1.807) is 24.5 Å². The predicted octanol–water partition coefficient (Wildman–Crippen LogP) is 3.53. The summed E-state index contributed by atoms with van der Waals surface area (Å²) in [5.41, 5.74) is 0.631. The second-order valence-electron chi connectivity index (χ2n) is 3.72. The maximum absolute atomic E-state index is 11.9. The maximum atomic E-state index is 11.9. The van der Waals surface area contributed by atoms with Gasteiger partial charge < -0.3 is 9.73 Å². The zero-order valence-electron chi connectivity index (χ0n) is 9.31. The number of furan rings is 1. The molecule has 1 amide bonds. The molecule has 0 unspecified atom stereocenters. The quantitative estimate of drug-likeness (QED) is 0.941. The molecule has 0 aliphatic heterocycles. The second kappa shape index (κ2) is 5.19. The summed E-state index contributed by atoms with van der Waals surface area (Å²) in [4.78, 5) is 11.9. The van der Waals surface area contributed by atoms with Gasteiger partial charge in [0.25, 0.3) is 5.91 Å². The highest BCUT2D eigenvalue weighted by Gasteiger charge is 2.12. The van der Waals surface area contributed by atoms with Gasteiger partial charge in [-0.2, -0.15) is 0 Å². The van der Waals surface area contributed by atoms with E-state index in [9.17, 15) is 4.79 Å². The van der Waals surface area contributed by atoms with Crippen LogP contribution in [0, 0.1) is 0 Å². The third-order valence-corrected chi connectivity index (χ3v) is 2.95. The maximum Gasteiger partial charge on any atom is 0.251 e. The summed E-state index contributed by atoms with van der Waals surface area (Å²) < 4.78 is 6.18. The van der Waals surface area contributed by atoms with Crippen LogP contribution in [0.25, 0.3) is 0 Å². The van der Waals surface area contributed by atoms with Crippen LogP contribution in [0.3, 0.4) is 0 Å². The van der Waals surface area contributed by atoms with Crippen molar-refractivity contribution in [1.29, 1.82) is 0 Å². The predicted molar refractivity (Wildman–Crippen MR) is 68.7 cm³/mol. The van der Waals surface area contributed by atoms with Crippen molar-refractivity contribution in [2.24, 2.45) is 0 Å². The zero-order chi connectivity index (χ0) is 12.3. The summed E-state index contributed by atoms with van der Waals surface area (Å²) in [5, 5.41) is 2.87. The van der Waals surface area contributed by atoms with Crippen molar-refractivity contribution in [2.75, 3.05) is 0 Å². The molecule has 1 aromatic heterocycles. The summed E-state index contributed by atoms with van der Waals surface area (Å²) in [7, 11) is 0. The molecule has 2 aromatic rings. The van der Waals surface area contributed by atoms with Gasteiger partial charge in [0, 0.05) is 10.0 Å². The number of rotatable bonds is 3. The van der Waals surface area contributed by atoms with Crippen LogP contribution in [-0.4, -0.2) is 5.91 Å². The lowest BCUT2D eigenvalue weighted by molar-refractivity contribution is 0.0935. The summed E-state index contributed by atoms with van der Waals surface area (Å²) in [6.07, 6.45) is 1.59. The Labute approximate surface area is 108 Å². The fourth-order valence-electron chi connectivity index (χ4n) is 1.49. The van der Waals surface area contributed by atoms with Gasteiger partial charge in [0.05, 0.1) is 12.3 Å². The van der Waals surface area contributed by atoms with Crippen LogP contribution in [0.15, 0.2) is 51.6 Å². The molecule has 0 radical (unpaired) electrons. The standard InChI is InChI=1S/C13H12BrNO2/c1-9(12-3-2-8-17-12)15-13(16)10-4-6-11(14)7-5-10/h2-9H,1H3,(H,15,16)/t9-/m1/s1. The number of halogens is 1. The molecule has 0 bridgehead atoms. The molecule has 0 aliphatic rings. The minimum Gasteiger partial charge on any atom is -0.467 e. The van der Waals surface area contributed by atoms with Crippen LogP contribution in [0.4, 0.5) is 0 Å². The smallest absolute Gasteiger partial charge is 0.251 e. The Morgan fingerprint density at radius 3 is 2.59 bits per heavy atom. The Morgan fingerprint density at radius 2 is 2.00 bits per heavy atom. The topological polar surface area (TPSA) is 42.2 Å². The number of amides is 1. The van der Waals surface area contributed by atoms with Crippen LogP contribution in [0.2, 0.25) is 0 Å². The molecular weight excluding hydrogens is 282 g/mol. The van der Waals surface area contributed by atoms with E-state index in [-0.39, 0.29) is 11.9 Å². The van der Waals surface area contributed by atoms with Crippen molar-refractivity contribution in [3.63, 3.8) is 0 Å². The van der Waals surface area contributed by atoms with Crippen LogP contribution in [0.1, 0.15) is 29.1 Å². The third-order valence-electron chi connectivity index (χ3n) is 2.42. The van der Waals surface area contributed by atoms with Gasteiger partial charge in [0.1, 0.15) is 5.76 Å². The number of hydrogen-bond acceptors (Lipinski definition) is 2. The first kappa shape index (κ1) is 11.9. The van der Waals surface area contributed by atoms with Crippen molar-refractivity contribution < 1.29 is 9.21 Å². The van der Waals surface area contributed by atoms with Gasteiger partial charge in [0.2, 0.25) is 0 Å². The van der Waals surface area contributed by atoms with Crippen molar-refractivity contribution in [3.8, 4) is 0 Å². The molecule has 0 saturated heterocycles. The van der Waals surface area contributed by atoms with E-state index in [2.05, 4.69) is 21.2 Å². The molecule has 2 rings (SSSR count). The van der Waals surface area contributed by atoms with Gasteiger partial charge >= 0.3 is 0 Å². The average molecular weight is 294 g/mol. The summed E-state index contributed by atoms with van der Waals surface area (Å²) in [6, 6.07) is 10.7. The third kappa shape index (κ3) is 2.97. The highest BCUT2D eigenvalue weighted by atomic mass is 79.9. The monoisotopic (exact) mass is 293 g/mol. The first-order valence-corrected chi connectivity index (χ1v) is 6.06. The van der Waals surface area contributed by atoms with Crippen LogP contribution >= 0.6 is 15.9 Å². The van der Waals surface area contributed by atoms with Crippen molar-refractivity contribution in [3.05, 3.63) is 58.5 Å². The van der Waals surface area contributed by atoms with E-state index in [1.807, 2.05) is 25.1 Å². The van der Waals surface area contributed by atoms with E-state index >= 15 is 0 Å². The largest absolute Gasteiger partial charge is 0.467 e. The lowest BCUT2D eigenvalue weighted by atomic mass is 10.2. The molecule has 4 heteroatoms. The van der Waals surface area contributed by atoms with Crippen molar-refractivity contribution in [1.82, 2.24) is 5.32 Å². The normalized spacial score (nSPS) is 12.1. The summed E-state index contributed by atoms with van der Waals surface area (Å²) in [6.45, 7) is 1.88. The Kier molecular flexibility index (Phi) is 3.64. The molecule has 1 aromatic carbocycles. The average Bonchev–Trinajstić information content (AvgIpc) is 2.83. The Hall–Kier alpha value is -1.55. The molecule has 0 aliphatic carbocycles. The fourth-order valence-corrected chi connectivity index (χ4v) is 1.75. The number of hydrogen-bond donors (Lipinski definition) is 1. The molecule has 1 N–H and O–H groups in total. The Balaban J connectivity index is 2.04. The fraction of sp³-hybridized carbons (Fsp3) is 0.154. The highest BCUT2D eigenvalue weighted by Crippen LogP contribution is 2.14. The van der Waals surface area contributed by atoms with Gasteiger partial charge in [-0.15, -0.1) is 0 Å². The molecule has 88 valence electrons. The second-order valence-corrected chi connectivity index (χ2v) is 4.63. The number of carbonyl (C=O) groups is 1. The van der Waals surface area contributed by atoms with E-state index in [0.29, 0.717) is 5.56 Å². The van der Waals surface area contributed by atoms with E-state index in [4.69, 9.17) is 4.42 Å². The van der Waals surface area contributed by atoms with E-state index in [1.165, 1.54) is 0 Å². The van der Waals surface area contributed by atoms with Crippen molar-refractivity contribution >= 4 is 21.8 Å². The summed E-state index contributed by atoms with van der Waals surface area (Å²) in [5.74, 6) is 0.636. The molecule has 1 atom stereocenters. The number of benzene rings is 1. The Bertz CT molecular complexity index is 491. The van der Waals surface area contributed by atoms with Gasteiger partial charge in [-0.3, -0.25) is 4.79 Å². The minimum atomic E-state index is -0.138. The molecule has 0 saturated carbocycles. The number of nitrogens with one attached hydrogen (secondary N) is 1. The first-order chi connectivity index (χ1) is 8.16. The molecule has 3 nitrogen and oxygen atoms in total. The van der Waals surface area contributed by atoms with Crippen LogP contribution < -0.4 is 5.32 Å². The molecular formula is C13H12BrNO2. The van der Waals surface area contributed by atoms with Gasteiger partial charge in [-0.1, -0.05) is 15.9 Å². The van der Waals surface area contributed by atoms with Crippen LogP contribution in [-0.2, 0) is 0 Å². The van der Waals surface area contributed by atoms with Crippen LogP contribution in [0.5, 0.6) is 0 Å². The molecule has 0 fully saturated rings. The van der Waals surface area contributed by atoms with E-state index < -0.39 is 0 Å². The van der Waals surface area contributed by atoms with Gasteiger partial charge in [-0.05, 0) is 43.3 Å². The lowest BCUT2D eigenvalue weighted by Gasteiger charge is -2.11. The van der Waals surface area contributed by atoms with Gasteiger partial charge in [-0.25, -0.2) is 0 Å². The zero-order valence-corrected chi connectivity index (χ0v) is 10.9. The minimum absolute atomic E-state index is 0.110. The highest BCUT2D eigenvalue weighted by molar-refractivity contribution is 9.10. The molecule has 1 heterocycles. The molecule has 0 spiro atoms. The summed E-state index contributed by atoms with van der Waals surface area (Å²) >= 11 is 3.33. The number of carbonyl (C=O) groups excluding carboxylic acids is 1. The van der Waals surface area contributed by atoms with Gasteiger partial charge in [0.15, 0.2) is 0 Å². The lowest BCUT2D eigenvalue weighted by Crippen LogP contribution is -2.26. The van der Waals surface area contributed by atoms with E-state index in [0.717, 1.165) is 10.2 Å². The first-order valence-electron chi connectivity index (χ1n) is 5.26. The van der Waals surface area contributed by atoms with Crippen molar-refractivity contribution in [2.45, 2.75) is 13.0 Å². The molecule has 17 heavy (non-hydrogen) atoms.